The van der Waals surface area contributed by atoms with Crippen molar-refractivity contribution < 1.29 is 0 Å². The van der Waals surface area contributed by atoms with E-state index in [2.05, 4.69) is 15.2 Å². The van der Waals surface area contributed by atoms with Gasteiger partial charge in [0.25, 0.3) is 5.78 Å². The van der Waals surface area contributed by atoms with Gasteiger partial charge in [-0.05, 0) is 19.1 Å². The molecule has 6 heteroatoms. The van der Waals surface area contributed by atoms with Crippen LogP contribution in [0.25, 0.3) is 5.78 Å². The van der Waals surface area contributed by atoms with Gasteiger partial charge in [0.15, 0.2) is 3.95 Å². The summed E-state index contributed by atoms with van der Waals surface area (Å²) in [6.45, 7) is 1.90. The maximum absolute atomic E-state index is 5.06. The van der Waals surface area contributed by atoms with Crippen LogP contribution in [0.1, 0.15) is 5.01 Å². The second-order valence-corrected chi connectivity index (χ2v) is 3.83. The van der Waals surface area contributed by atoms with E-state index in [1.54, 1.807) is 10.7 Å². The van der Waals surface area contributed by atoms with Crippen molar-refractivity contribution in [2.24, 2.45) is 0 Å². The molecule has 0 aliphatic carbocycles. The summed E-state index contributed by atoms with van der Waals surface area (Å²) in [5.41, 5.74) is 0. The first-order valence-electron chi connectivity index (χ1n) is 2.95. The van der Waals surface area contributed by atoms with Gasteiger partial charge in [-0.25, -0.2) is 9.38 Å². The van der Waals surface area contributed by atoms with Gasteiger partial charge in [-0.2, -0.15) is 0 Å². The Balaban J connectivity index is 3.02. The van der Waals surface area contributed by atoms with Crippen molar-refractivity contribution in [2.75, 3.05) is 0 Å². The zero-order chi connectivity index (χ0) is 7.84. The SMILES string of the molecule is Cc1nc2nncn2c(=S)s1. The van der Waals surface area contributed by atoms with Crippen molar-refractivity contribution >= 4 is 29.3 Å². The molecule has 0 radical (unpaired) electrons. The average Bonchev–Trinajstić information content (AvgIpc) is 2.34. The largest absolute Gasteiger partial charge is 0.257 e. The van der Waals surface area contributed by atoms with Crippen LogP contribution in [0.5, 0.6) is 0 Å². The first-order chi connectivity index (χ1) is 5.27. The molecule has 0 aromatic carbocycles. The highest BCUT2D eigenvalue weighted by molar-refractivity contribution is 7.73. The van der Waals surface area contributed by atoms with Gasteiger partial charge in [-0.3, -0.25) is 0 Å². The zero-order valence-corrected chi connectivity index (χ0v) is 7.32. The third-order valence-corrected chi connectivity index (χ3v) is 2.42. The van der Waals surface area contributed by atoms with Gasteiger partial charge in [0.05, 0.1) is 5.01 Å². The summed E-state index contributed by atoms with van der Waals surface area (Å²) >= 11 is 6.51. The van der Waals surface area contributed by atoms with Crippen molar-refractivity contribution in [3.63, 3.8) is 0 Å². The Bertz CT molecular complexity index is 443. The van der Waals surface area contributed by atoms with Crippen LogP contribution in [0.2, 0.25) is 0 Å². The van der Waals surface area contributed by atoms with Crippen LogP contribution in [0.3, 0.4) is 0 Å². The fraction of sp³-hybridized carbons (Fsp3) is 0.200. The van der Waals surface area contributed by atoms with Gasteiger partial charge >= 0.3 is 0 Å². The molecule has 0 fully saturated rings. The van der Waals surface area contributed by atoms with Crippen molar-refractivity contribution in [3.05, 3.63) is 15.3 Å². The zero-order valence-electron chi connectivity index (χ0n) is 5.68. The van der Waals surface area contributed by atoms with Crippen molar-refractivity contribution in [1.29, 1.82) is 0 Å². The molecular formula is C5H4N4S2. The number of fused-ring (bicyclic) bond motifs is 1. The lowest BCUT2D eigenvalue weighted by Crippen LogP contribution is -1.88. The van der Waals surface area contributed by atoms with E-state index >= 15 is 0 Å². The minimum absolute atomic E-state index is 0.575. The molecule has 2 heterocycles. The second kappa shape index (κ2) is 2.31. The van der Waals surface area contributed by atoms with Crippen LogP contribution in [0.4, 0.5) is 0 Å². The van der Waals surface area contributed by atoms with Crippen LogP contribution >= 0.6 is 23.6 Å². The molecule has 11 heavy (non-hydrogen) atoms. The number of aryl methyl sites for hydroxylation is 1. The molecule has 0 saturated carbocycles. The summed E-state index contributed by atoms with van der Waals surface area (Å²) in [5, 5.41) is 8.39. The van der Waals surface area contributed by atoms with E-state index in [9.17, 15) is 0 Å². The Morgan fingerprint density at radius 1 is 1.64 bits per heavy atom. The Morgan fingerprint density at radius 3 is 3.27 bits per heavy atom. The Labute approximate surface area is 71.6 Å². The molecule has 0 spiro atoms. The maximum Gasteiger partial charge on any atom is 0.257 e. The topological polar surface area (TPSA) is 43.1 Å². The summed E-state index contributed by atoms with van der Waals surface area (Å²) in [5.74, 6) is 0.575. The molecule has 0 N–H and O–H groups in total. The molecule has 2 aromatic rings. The van der Waals surface area contributed by atoms with Crippen LogP contribution in [0.15, 0.2) is 6.33 Å². The third kappa shape index (κ3) is 1.04. The Morgan fingerprint density at radius 2 is 2.45 bits per heavy atom. The summed E-state index contributed by atoms with van der Waals surface area (Å²) in [6, 6.07) is 0. The quantitative estimate of drug-likeness (QED) is 0.577. The van der Waals surface area contributed by atoms with Gasteiger partial charge in [0, 0.05) is 0 Å². The highest BCUT2D eigenvalue weighted by Crippen LogP contribution is 2.06. The fourth-order valence-corrected chi connectivity index (χ4v) is 1.87. The predicted octanol–water partition coefficient (Wildman–Crippen LogP) is 1.22. The number of rotatable bonds is 0. The minimum atomic E-state index is 0.575. The van der Waals surface area contributed by atoms with Gasteiger partial charge in [-0.15, -0.1) is 10.2 Å². The highest BCUT2D eigenvalue weighted by Gasteiger charge is 1.98. The van der Waals surface area contributed by atoms with Crippen molar-refractivity contribution in [3.8, 4) is 0 Å². The normalized spacial score (nSPS) is 10.6. The van der Waals surface area contributed by atoms with Crippen LogP contribution in [0, 0.1) is 10.9 Å². The molecule has 0 unspecified atom stereocenters. The first-order valence-corrected chi connectivity index (χ1v) is 4.17. The molecular weight excluding hydrogens is 180 g/mol. The lowest BCUT2D eigenvalue weighted by molar-refractivity contribution is 1.09. The van der Waals surface area contributed by atoms with E-state index in [1.807, 2.05) is 6.92 Å². The molecule has 2 aromatic heterocycles. The van der Waals surface area contributed by atoms with Gasteiger partial charge in [0.1, 0.15) is 6.33 Å². The van der Waals surface area contributed by atoms with Gasteiger partial charge < -0.3 is 0 Å². The Kier molecular flexibility index (Phi) is 1.43. The van der Waals surface area contributed by atoms with E-state index in [0.29, 0.717) is 5.78 Å². The van der Waals surface area contributed by atoms with E-state index in [-0.39, 0.29) is 0 Å². The summed E-state index contributed by atoms with van der Waals surface area (Å²) in [7, 11) is 0. The summed E-state index contributed by atoms with van der Waals surface area (Å²) < 4.78 is 2.42. The minimum Gasteiger partial charge on any atom is -0.247 e. The summed E-state index contributed by atoms with van der Waals surface area (Å²) in [6.07, 6.45) is 1.57. The molecule has 0 saturated heterocycles. The molecule has 4 nitrogen and oxygen atoms in total. The number of aromatic nitrogens is 4. The van der Waals surface area contributed by atoms with E-state index in [1.165, 1.54) is 11.3 Å². The van der Waals surface area contributed by atoms with Crippen molar-refractivity contribution in [1.82, 2.24) is 19.6 Å². The third-order valence-electron chi connectivity index (χ3n) is 1.22. The fourth-order valence-electron chi connectivity index (χ4n) is 0.773. The number of hydrogen-bond donors (Lipinski definition) is 0. The molecule has 0 atom stereocenters. The van der Waals surface area contributed by atoms with Crippen LogP contribution < -0.4 is 0 Å². The Hall–Kier alpha value is -0.880. The average molecular weight is 184 g/mol. The molecule has 0 bridgehead atoms. The smallest absolute Gasteiger partial charge is 0.247 e. The summed E-state index contributed by atoms with van der Waals surface area (Å²) in [4.78, 5) is 4.14. The maximum atomic E-state index is 5.06. The van der Waals surface area contributed by atoms with E-state index < -0.39 is 0 Å². The lowest BCUT2D eigenvalue weighted by atomic mass is 10.8. The van der Waals surface area contributed by atoms with Crippen LogP contribution in [-0.4, -0.2) is 19.6 Å². The van der Waals surface area contributed by atoms with Crippen LogP contribution in [-0.2, 0) is 0 Å². The number of nitrogens with zero attached hydrogens (tertiary/aromatic N) is 4. The predicted molar refractivity (Wildman–Crippen MR) is 44.2 cm³/mol. The molecule has 0 aliphatic heterocycles. The highest BCUT2D eigenvalue weighted by atomic mass is 32.1. The van der Waals surface area contributed by atoms with E-state index in [0.717, 1.165) is 8.96 Å². The number of hydrogen-bond acceptors (Lipinski definition) is 5. The lowest BCUT2D eigenvalue weighted by Gasteiger charge is -1.90. The monoisotopic (exact) mass is 184 g/mol. The standard InChI is InChI=1S/C5H4N4S2/c1-3-7-4-8-6-2-9(4)5(10)11-3/h2H,1H3. The van der Waals surface area contributed by atoms with E-state index in [4.69, 9.17) is 12.2 Å². The molecule has 0 aliphatic rings. The van der Waals surface area contributed by atoms with Gasteiger partial charge in [-0.1, -0.05) is 11.3 Å². The molecule has 0 amide bonds. The molecule has 56 valence electrons. The second-order valence-electron chi connectivity index (χ2n) is 2.00. The van der Waals surface area contributed by atoms with Crippen molar-refractivity contribution in [2.45, 2.75) is 6.92 Å². The van der Waals surface area contributed by atoms with Gasteiger partial charge in [0.2, 0.25) is 0 Å². The first kappa shape index (κ1) is 6.81. The molecule has 2 rings (SSSR count).